The second-order valence-corrected chi connectivity index (χ2v) is 8.28. The molecule has 134 valence electrons. The summed E-state index contributed by atoms with van der Waals surface area (Å²) in [5.74, 6) is 2.08. The van der Waals surface area contributed by atoms with Crippen molar-refractivity contribution >= 4 is 45.3 Å². The molecule has 1 fully saturated rings. The van der Waals surface area contributed by atoms with Crippen LogP contribution in [0.5, 0.6) is 0 Å². The summed E-state index contributed by atoms with van der Waals surface area (Å²) < 4.78 is 0.725. The molecule has 2 rings (SSSR count). The molecule has 1 saturated carbocycles. The summed E-state index contributed by atoms with van der Waals surface area (Å²) in [7, 11) is 0. The lowest BCUT2D eigenvalue weighted by atomic mass is 10.2. The van der Waals surface area contributed by atoms with Gasteiger partial charge in [0.1, 0.15) is 5.84 Å². The third kappa shape index (κ3) is 6.66. The number of rotatable bonds is 8. The zero-order valence-corrected chi connectivity index (χ0v) is 17.2. The summed E-state index contributed by atoms with van der Waals surface area (Å²) >= 11 is 5.07. The van der Waals surface area contributed by atoms with E-state index in [0.29, 0.717) is 30.1 Å². The Morgan fingerprint density at radius 1 is 1.48 bits per heavy atom. The summed E-state index contributed by atoms with van der Waals surface area (Å²) in [6.07, 6.45) is 8.07. The molecule has 1 aliphatic carbocycles. The Kier molecular flexibility index (Phi) is 7.25. The molecule has 0 bridgehead atoms. The van der Waals surface area contributed by atoms with Crippen LogP contribution >= 0.6 is 27.7 Å². The number of hydrogen-bond acceptors (Lipinski definition) is 5. The van der Waals surface area contributed by atoms with Gasteiger partial charge in [-0.05, 0) is 66.4 Å². The second-order valence-electron chi connectivity index (χ2n) is 6.00. The van der Waals surface area contributed by atoms with Gasteiger partial charge < -0.3 is 10.6 Å². The van der Waals surface area contributed by atoms with Crippen molar-refractivity contribution in [3.63, 3.8) is 0 Å². The van der Waals surface area contributed by atoms with Gasteiger partial charge in [-0.3, -0.25) is 5.41 Å². The minimum atomic E-state index is 0.335. The molecule has 0 spiro atoms. The molecule has 0 atom stereocenters. The molecule has 1 aromatic rings. The first-order valence-corrected chi connectivity index (χ1v) is 9.78. The first-order valence-electron chi connectivity index (χ1n) is 8.17. The maximum absolute atomic E-state index is 8.11. The van der Waals surface area contributed by atoms with Crippen LogP contribution in [-0.4, -0.2) is 22.3 Å². The Balaban J connectivity index is 2.00. The molecule has 0 aliphatic heterocycles. The van der Waals surface area contributed by atoms with E-state index in [1.54, 1.807) is 18.0 Å². The topological polar surface area (TPSA) is 73.7 Å². The van der Waals surface area contributed by atoms with E-state index in [4.69, 9.17) is 5.41 Å². The molecule has 0 radical (unpaired) electrons. The molecule has 0 aromatic carbocycles. The van der Waals surface area contributed by atoms with Crippen molar-refractivity contribution in [1.82, 2.24) is 9.97 Å². The quantitative estimate of drug-likeness (QED) is 0.378. The number of hydrogen-bond donors (Lipinski definition) is 3. The van der Waals surface area contributed by atoms with Crippen LogP contribution in [0.2, 0.25) is 0 Å². The van der Waals surface area contributed by atoms with Crippen LogP contribution in [0.4, 0.5) is 11.8 Å². The smallest absolute Gasteiger partial charge is 0.224 e. The Bertz CT molecular complexity index is 722. The summed E-state index contributed by atoms with van der Waals surface area (Å²) in [6, 6.07) is 0. The van der Waals surface area contributed by atoms with E-state index in [1.807, 2.05) is 26.0 Å². The highest BCUT2D eigenvalue weighted by Gasteiger charge is 2.23. The van der Waals surface area contributed by atoms with Gasteiger partial charge in [-0.2, -0.15) is 4.98 Å². The molecule has 1 aliphatic rings. The monoisotopic (exact) mass is 421 g/mol. The predicted molar refractivity (Wildman–Crippen MR) is 112 cm³/mol. The van der Waals surface area contributed by atoms with Gasteiger partial charge in [-0.25, -0.2) is 4.98 Å². The van der Waals surface area contributed by atoms with Crippen molar-refractivity contribution < 1.29 is 0 Å². The normalized spacial score (nSPS) is 15.0. The fourth-order valence-electron chi connectivity index (χ4n) is 2.17. The minimum absolute atomic E-state index is 0.335. The zero-order chi connectivity index (χ0) is 18.4. The highest BCUT2D eigenvalue weighted by atomic mass is 79.9. The zero-order valence-electron chi connectivity index (χ0n) is 14.8. The Morgan fingerprint density at radius 2 is 2.20 bits per heavy atom. The van der Waals surface area contributed by atoms with Crippen LogP contribution in [-0.2, 0) is 0 Å². The van der Waals surface area contributed by atoms with Gasteiger partial charge in [0.05, 0.1) is 4.47 Å². The van der Waals surface area contributed by atoms with Crippen LogP contribution in [0.15, 0.2) is 44.8 Å². The largest absolute Gasteiger partial charge is 0.350 e. The minimum Gasteiger partial charge on any atom is -0.350 e. The van der Waals surface area contributed by atoms with Gasteiger partial charge >= 0.3 is 0 Å². The van der Waals surface area contributed by atoms with Crippen molar-refractivity contribution in [2.45, 2.75) is 33.6 Å². The molecular formula is C18H24BrN5S. The molecule has 25 heavy (non-hydrogen) atoms. The van der Waals surface area contributed by atoms with Gasteiger partial charge in [0.15, 0.2) is 5.82 Å². The van der Waals surface area contributed by atoms with Gasteiger partial charge in [0, 0.05) is 17.6 Å². The summed E-state index contributed by atoms with van der Waals surface area (Å²) in [4.78, 5) is 10.9. The molecular weight excluding hydrogens is 398 g/mol. The molecule has 7 heteroatoms. The molecule has 1 heterocycles. The average Bonchev–Trinajstić information content (AvgIpc) is 3.38. The molecule has 0 unspecified atom stereocenters. The Morgan fingerprint density at radius 3 is 2.80 bits per heavy atom. The molecule has 0 amide bonds. The molecule has 5 nitrogen and oxygen atoms in total. The van der Waals surface area contributed by atoms with Gasteiger partial charge in [-0.1, -0.05) is 30.0 Å². The van der Waals surface area contributed by atoms with E-state index in [9.17, 15) is 0 Å². The first-order chi connectivity index (χ1) is 11.9. The second kappa shape index (κ2) is 9.20. The number of aromatic nitrogens is 2. The number of thioether (sulfide) groups is 1. The first kappa shape index (κ1) is 19.7. The summed E-state index contributed by atoms with van der Waals surface area (Å²) in [5.41, 5.74) is 1.25. The van der Waals surface area contributed by atoms with Crippen LogP contribution < -0.4 is 10.6 Å². The summed E-state index contributed by atoms with van der Waals surface area (Å²) in [6.45, 7) is 10.6. The van der Waals surface area contributed by atoms with E-state index >= 15 is 0 Å². The van der Waals surface area contributed by atoms with Gasteiger partial charge in [0.25, 0.3) is 0 Å². The summed E-state index contributed by atoms with van der Waals surface area (Å²) in [5, 5.41) is 14.4. The number of allylic oxidation sites excluding steroid dienone is 3. The lowest BCUT2D eigenvalue weighted by Crippen LogP contribution is -2.13. The molecule has 1 aromatic heterocycles. The van der Waals surface area contributed by atoms with E-state index in [1.165, 1.54) is 18.4 Å². The van der Waals surface area contributed by atoms with E-state index in [0.717, 1.165) is 14.3 Å². The van der Waals surface area contributed by atoms with Crippen LogP contribution in [0.1, 0.15) is 33.6 Å². The van der Waals surface area contributed by atoms with Crippen molar-refractivity contribution in [2.75, 3.05) is 17.2 Å². The highest BCUT2D eigenvalue weighted by Crippen LogP contribution is 2.36. The number of halogens is 1. The Hall–Kier alpha value is -1.60. The van der Waals surface area contributed by atoms with Crippen LogP contribution in [0.3, 0.4) is 0 Å². The Labute approximate surface area is 162 Å². The fraction of sp³-hybridized carbons (Fsp3) is 0.389. The lowest BCUT2D eigenvalue weighted by molar-refractivity contribution is 1.01. The van der Waals surface area contributed by atoms with Crippen molar-refractivity contribution in [2.24, 2.45) is 5.92 Å². The number of nitrogens with one attached hydrogen (secondary N) is 3. The maximum atomic E-state index is 8.11. The standard InChI is InChI=1S/C18H24BrN5S/c1-5-14(25-11(2)3)9-21-18-22-10-15(19)17(24-18)23-16(20)8-12(4)13-6-7-13/h5,8,10,13H,2,6-7,9H2,1,3-4H3,(H3,20,21,22,23,24)/b12-8+,14-5-. The van der Waals surface area contributed by atoms with E-state index in [-0.39, 0.29) is 0 Å². The van der Waals surface area contributed by atoms with Crippen molar-refractivity contribution in [1.29, 1.82) is 5.41 Å². The van der Waals surface area contributed by atoms with E-state index < -0.39 is 0 Å². The van der Waals surface area contributed by atoms with Crippen molar-refractivity contribution in [3.8, 4) is 0 Å². The van der Waals surface area contributed by atoms with Crippen molar-refractivity contribution in [3.05, 3.63) is 44.8 Å². The van der Waals surface area contributed by atoms with Crippen LogP contribution in [0.25, 0.3) is 0 Å². The number of anilines is 2. The van der Waals surface area contributed by atoms with Crippen LogP contribution in [0, 0.1) is 11.3 Å². The molecule has 0 saturated heterocycles. The van der Waals surface area contributed by atoms with Gasteiger partial charge in [-0.15, -0.1) is 0 Å². The lowest BCUT2D eigenvalue weighted by Gasteiger charge is -2.11. The average molecular weight is 422 g/mol. The fourth-order valence-corrected chi connectivity index (χ4v) is 3.17. The van der Waals surface area contributed by atoms with Gasteiger partial charge in [0.2, 0.25) is 5.95 Å². The highest BCUT2D eigenvalue weighted by molar-refractivity contribution is 9.10. The third-order valence-electron chi connectivity index (χ3n) is 3.64. The molecule has 3 N–H and O–H groups in total. The number of amidine groups is 1. The number of nitrogens with zero attached hydrogens (tertiary/aromatic N) is 2. The predicted octanol–water partition coefficient (Wildman–Crippen LogP) is 5.57. The third-order valence-corrected chi connectivity index (χ3v) is 5.21. The maximum Gasteiger partial charge on any atom is 0.224 e. The SMILES string of the molecule is C=C(C)S/C(=C\C)CNc1ncc(Br)c(NC(=N)/C=C(\C)C2CC2)n1. The van der Waals surface area contributed by atoms with E-state index in [2.05, 4.69) is 50.0 Å².